The summed E-state index contributed by atoms with van der Waals surface area (Å²) in [4.78, 5) is 23.6. The van der Waals surface area contributed by atoms with Gasteiger partial charge in [-0.15, -0.1) is 0 Å². The number of rotatable bonds is 11. The summed E-state index contributed by atoms with van der Waals surface area (Å²) in [5.74, 6) is -0.0331. The Balaban J connectivity index is 1.57. The van der Waals surface area contributed by atoms with Crippen LogP contribution < -0.4 is 9.47 Å². The highest BCUT2D eigenvalue weighted by molar-refractivity contribution is 5.90. The van der Waals surface area contributed by atoms with Crippen molar-refractivity contribution in [2.45, 2.75) is 33.6 Å². The van der Waals surface area contributed by atoms with Gasteiger partial charge >= 0.3 is 11.9 Å². The Kier molecular flexibility index (Phi) is 10.1. The van der Waals surface area contributed by atoms with Gasteiger partial charge in [0, 0.05) is 13.2 Å². The lowest BCUT2D eigenvalue weighted by molar-refractivity contribution is -0.131. The van der Waals surface area contributed by atoms with Crippen LogP contribution in [0.5, 0.6) is 11.5 Å². The van der Waals surface area contributed by atoms with Crippen molar-refractivity contribution in [2.75, 3.05) is 13.7 Å². The van der Waals surface area contributed by atoms with Crippen molar-refractivity contribution >= 4 is 11.9 Å². The summed E-state index contributed by atoms with van der Waals surface area (Å²) in [5.41, 5.74) is 8.34. The molecule has 0 atom stereocenters. The maximum Gasteiger partial charge on any atom is 0.341 e. The second-order valence-electron chi connectivity index (χ2n) is 11.6. The van der Waals surface area contributed by atoms with Crippen LogP contribution in [0.3, 0.4) is 0 Å². The molecule has 0 aliphatic carbocycles. The minimum atomic E-state index is -0.500. The third-order valence-electron chi connectivity index (χ3n) is 7.02. The summed E-state index contributed by atoms with van der Waals surface area (Å²) in [7, 11) is 1.51. The monoisotopic (exact) mass is 574 g/mol. The first-order valence-corrected chi connectivity index (χ1v) is 14.2. The van der Waals surface area contributed by atoms with Crippen molar-refractivity contribution in [1.82, 2.24) is 0 Å². The second kappa shape index (κ2) is 14.0. The fourth-order valence-corrected chi connectivity index (χ4v) is 4.61. The maximum absolute atomic E-state index is 12.2. The first kappa shape index (κ1) is 31.2. The Morgan fingerprint density at radius 1 is 0.721 bits per heavy atom. The molecule has 0 amide bonds. The fraction of sp³-hybridized carbons (Fsp3) is 0.211. The molecule has 0 bridgehead atoms. The number of methoxy groups -OCH3 is 1. The van der Waals surface area contributed by atoms with Crippen molar-refractivity contribution in [2.24, 2.45) is 5.41 Å². The summed E-state index contributed by atoms with van der Waals surface area (Å²) >= 11 is 0. The van der Waals surface area contributed by atoms with E-state index in [1.807, 2.05) is 24.3 Å². The van der Waals surface area contributed by atoms with Gasteiger partial charge in [-0.1, -0.05) is 101 Å². The lowest BCUT2D eigenvalue weighted by Gasteiger charge is -2.20. The van der Waals surface area contributed by atoms with Crippen LogP contribution in [0.15, 0.2) is 116 Å². The van der Waals surface area contributed by atoms with E-state index in [9.17, 15) is 9.59 Å². The molecule has 0 radical (unpaired) electrons. The number of esters is 2. The quantitative estimate of drug-likeness (QED) is 0.102. The van der Waals surface area contributed by atoms with Gasteiger partial charge < -0.3 is 14.2 Å². The molecule has 0 aliphatic rings. The molecule has 0 unspecified atom stereocenters. The van der Waals surface area contributed by atoms with Gasteiger partial charge in [-0.05, 0) is 81.5 Å². The van der Waals surface area contributed by atoms with Crippen LogP contribution in [0.1, 0.15) is 32.8 Å². The Morgan fingerprint density at radius 2 is 1.21 bits per heavy atom. The van der Waals surface area contributed by atoms with Crippen LogP contribution in [0.2, 0.25) is 0 Å². The van der Waals surface area contributed by atoms with E-state index in [4.69, 9.17) is 14.2 Å². The molecule has 5 heteroatoms. The molecule has 0 aromatic heterocycles. The molecule has 5 nitrogen and oxygen atoms in total. The molecule has 4 aromatic rings. The minimum Gasteiger partial charge on any atom is -0.423 e. The van der Waals surface area contributed by atoms with Crippen LogP contribution in [-0.4, -0.2) is 25.7 Å². The van der Waals surface area contributed by atoms with Gasteiger partial charge in [0.05, 0.1) is 12.2 Å². The molecule has 0 spiro atoms. The predicted molar refractivity (Wildman–Crippen MR) is 173 cm³/mol. The molecule has 220 valence electrons. The van der Waals surface area contributed by atoms with Crippen LogP contribution in [-0.2, 0) is 20.7 Å². The number of aryl methyl sites for hydroxylation is 1. The van der Waals surface area contributed by atoms with Gasteiger partial charge in [0.25, 0.3) is 0 Å². The number of carbonyl (C=O) groups excluding carboxylic acids is 2. The highest BCUT2D eigenvalue weighted by Crippen LogP contribution is 2.34. The molecule has 4 aromatic carbocycles. The molecule has 0 fully saturated rings. The lowest BCUT2D eigenvalue weighted by Crippen LogP contribution is -2.13. The van der Waals surface area contributed by atoms with Crippen molar-refractivity contribution in [3.8, 4) is 44.9 Å². The average molecular weight is 575 g/mol. The summed E-state index contributed by atoms with van der Waals surface area (Å²) in [6.07, 6.45) is 3.13. The maximum atomic E-state index is 12.2. The zero-order chi connectivity index (χ0) is 31.0. The number of carbonyl (C=O) groups is 2. The Morgan fingerprint density at radius 3 is 1.74 bits per heavy atom. The Bertz CT molecular complexity index is 1590. The van der Waals surface area contributed by atoms with Gasteiger partial charge in [-0.3, -0.25) is 0 Å². The van der Waals surface area contributed by atoms with E-state index in [0.717, 1.165) is 46.7 Å². The molecular formula is C38H38O5. The van der Waals surface area contributed by atoms with E-state index < -0.39 is 11.9 Å². The second-order valence-corrected chi connectivity index (χ2v) is 11.6. The van der Waals surface area contributed by atoms with E-state index in [1.165, 1.54) is 18.2 Å². The Hall–Kier alpha value is -4.74. The average Bonchev–Trinajstić information content (AvgIpc) is 3.00. The summed E-state index contributed by atoms with van der Waals surface area (Å²) in [6, 6.07) is 30.1. The van der Waals surface area contributed by atoms with Crippen molar-refractivity contribution < 1.29 is 23.8 Å². The molecular weight excluding hydrogens is 536 g/mol. The standard InChI is InChI=1S/C38H38O5/c1-7-36(39)42-33-17-12-28(13-18-33)27-8-10-30(11-9-27)35-21-16-31(24-32(35)22-23-38(3,4)5)29-14-19-34(20-15-29)43-37(40)26(2)25-41-6/h7-21,24H,1-2,22-23,25H2,3-6H3. The number of ether oxygens (including phenoxy) is 3. The first-order valence-electron chi connectivity index (χ1n) is 14.2. The number of benzene rings is 4. The van der Waals surface area contributed by atoms with E-state index in [-0.39, 0.29) is 17.6 Å². The zero-order valence-electron chi connectivity index (χ0n) is 25.3. The normalized spacial score (nSPS) is 11.1. The van der Waals surface area contributed by atoms with Gasteiger partial charge in [-0.25, -0.2) is 9.59 Å². The highest BCUT2D eigenvalue weighted by atomic mass is 16.5. The fourth-order valence-electron chi connectivity index (χ4n) is 4.61. The van der Waals surface area contributed by atoms with Gasteiger partial charge in [0.1, 0.15) is 11.5 Å². The number of hydrogen-bond acceptors (Lipinski definition) is 5. The highest BCUT2D eigenvalue weighted by Gasteiger charge is 2.15. The van der Waals surface area contributed by atoms with Crippen molar-refractivity contribution in [1.29, 1.82) is 0 Å². The van der Waals surface area contributed by atoms with Crippen LogP contribution in [0.25, 0.3) is 33.4 Å². The lowest BCUT2D eigenvalue weighted by atomic mass is 9.85. The molecule has 0 N–H and O–H groups in total. The van der Waals surface area contributed by atoms with E-state index in [2.05, 4.69) is 76.4 Å². The van der Waals surface area contributed by atoms with Crippen molar-refractivity contribution in [3.63, 3.8) is 0 Å². The third-order valence-corrected chi connectivity index (χ3v) is 7.02. The SMILES string of the molecule is C=CC(=O)Oc1ccc(-c2ccc(-c3ccc(-c4ccc(OC(=O)C(=C)COC)cc4)cc3CCC(C)(C)C)cc2)cc1. The topological polar surface area (TPSA) is 61.8 Å². The van der Waals surface area contributed by atoms with E-state index in [0.29, 0.717) is 11.5 Å². The van der Waals surface area contributed by atoms with Gasteiger partial charge in [-0.2, -0.15) is 0 Å². The van der Waals surface area contributed by atoms with Gasteiger partial charge in [0.2, 0.25) is 0 Å². The predicted octanol–water partition coefficient (Wildman–Crippen LogP) is 8.87. The first-order chi connectivity index (χ1) is 20.6. The van der Waals surface area contributed by atoms with E-state index in [1.54, 1.807) is 24.3 Å². The molecule has 4 rings (SSSR count). The molecule has 0 heterocycles. The summed E-state index contributed by atoms with van der Waals surface area (Å²) in [5, 5.41) is 0. The largest absolute Gasteiger partial charge is 0.423 e. The minimum absolute atomic E-state index is 0.130. The van der Waals surface area contributed by atoms with Gasteiger partial charge in [0.15, 0.2) is 0 Å². The van der Waals surface area contributed by atoms with Crippen molar-refractivity contribution in [3.05, 3.63) is 121 Å². The van der Waals surface area contributed by atoms with Crippen LogP contribution in [0.4, 0.5) is 0 Å². The summed E-state index contributed by atoms with van der Waals surface area (Å²) in [6.45, 7) is 14.0. The zero-order valence-corrected chi connectivity index (χ0v) is 25.3. The molecule has 0 saturated carbocycles. The van der Waals surface area contributed by atoms with E-state index >= 15 is 0 Å². The number of hydrogen-bond donors (Lipinski definition) is 0. The Labute approximate surface area is 254 Å². The summed E-state index contributed by atoms with van der Waals surface area (Å²) < 4.78 is 15.6. The third kappa shape index (κ3) is 8.63. The van der Waals surface area contributed by atoms with Crippen LogP contribution in [0, 0.1) is 5.41 Å². The smallest absolute Gasteiger partial charge is 0.341 e. The van der Waals surface area contributed by atoms with Crippen LogP contribution >= 0.6 is 0 Å². The molecule has 0 aliphatic heterocycles. The molecule has 43 heavy (non-hydrogen) atoms. The molecule has 0 saturated heterocycles.